The highest BCUT2D eigenvalue weighted by Gasteiger charge is 2.15. The van der Waals surface area contributed by atoms with E-state index in [1.54, 1.807) is 0 Å². The van der Waals surface area contributed by atoms with Crippen molar-refractivity contribution in [3.8, 4) is 0 Å². The Labute approximate surface area is 101 Å². The predicted molar refractivity (Wildman–Crippen MR) is 69.6 cm³/mol. The molecule has 17 heavy (non-hydrogen) atoms. The molecule has 0 bridgehead atoms. The standard InChI is InChI=1S/C14H16N2O/c1-2-10-11-5-3-4-6-12(11)17-13(10)9-14-15-7-8-16-14/h3-6H,2,7-9H2,1H3,(H,15,16). The lowest BCUT2D eigenvalue weighted by molar-refractivity contribution is 0.562. The molecule has 0 atom stereocenters. The number of nitrogens with zero attached hydrogens (tertiary/aromatic N) is 1. The van der Waals surface area contributed by atoms with Crippen LogP contribution >= 0.6 is 0 Å². The lowest BCUT2D eigenvalue weighted by atomic mass is 10.1. The van der Waals surface area contributed by atoms with E-state index in [9.17, 15) is 0 Å². The summed E-state index contributed by atoms with van der Waals surface area (Å²) in [7, 11) is 0. The highest BCUT2D eigenvalue weighted by Crippen LogP contribution is 2.26. The minimum absolute atomic E-state index is 0.790. The van der Waals surface area contributed by atoms with Gasteiger partial charge in [-0.25, -0.2) is 0 Å². The summed E-state index contributed by atoms with van der Waals surface area (Å²) in [5.41, 5.74) is 2.30. The van der Waals surface area contributed by atoms with Crippen LogP contribution in [0.15, 0.2) is 33.7 Å². The average Bonchev–Trinajstić information content (AvgIpc) is 2.96. The number of fused-ring (bicyclic) bond motifs is 1. The molecule has 3 nitrogen and oxygen atoms in total. The topological polar surface area (TPSA) is 37.5 Å². The fraction of sp³-hybridized carbons (Fsp3) is 0.357. The molecule has 2 heterocycles. The zero-order valence-electron chi connectivity index (χ0n) is 9.99. The molecule has 88 valence electrons. The Kier molecular flexibility index (Phi) is 2.59. The van der Waals surface area contributed by atoms with Crippen LogP contribution in [-0.4, -0.2) is 18.9 Å². The second-order valence-corrected chi connectivity index (χ2v) is 4.29. The van der Waals surface area contributed by atoms with Crippen LogP contribution in [0.4, 0.5) is 0 Å². The lowest BCUT2D eigenvalue weighted by Gasteiger charge is -2.01. The fourth-order valence-electron chi connectivity index (χ4n) is 2.40. The zero-order chi connectivity index (χ0) is 11.7. The van der Waals surface area contributed by atoms with Crippen molar-refractivity contribution >= 4 is 16.8 Å². The maximum absolute atomic E-state index is 5.93. The van der Waals surface area contributed by atoms with E-state index in [0.29, 0.717) is 0 Å². The summed E-state index contributed by atoms with van der Waals surface area (Å²) in [5, 5.41) is 4.53. The van der Waals surface area contributed by atoms with Gasteiger partial charge < -0.3 is 9.73 Å². The van der Waals surface area contributed by atoms with E-state index >= 15 is 0 Å². The third kappa shape index (κ3) is 1.82. The van der Waals surface area contributed by atoms with E-state index in [4.69, 9.17) is 4.42 Å². The van der Waals surface area contributed by atoms with E-state index in [0.717, 1.165) is 43.1 Å². The number of aryl methyl sites for hydroxylation is 1. The highest BCUT2D eigenvalue weighted by molar-refractivity contribution is 5.88. The normalized spacial score (nSPS) is 15.0. The van der Waals surface area contributed by atoms with Crippen LogP contribution in [0.5, 0.6) is 0 Å². The molecule has 1 aliphatic heterocycles. The Morgan fingerprint density at radius 2 is 2.24 bits per heavy atom. The molecule has 0 fully saturated rings. The predicted octanol–water partition coefficient (Wildman–Crippen LogP) is 2.54. The Morgan fingerprint density at radius 1 is 1.35 bits per heavy atom. The summed E-state index contributed by atoms with van der Waals surface area (Å²) in [6.07, 6.45) is 1.79. The number of para-hydroxylation sites is 1. The first-order chi connectivity index (χ1) is 8.38. The van der Waals surface area contributed by atoms with E-state index in [2.05, 4.69) is 29.4 Å². The van der Waals surface area contributed by atoms with Gasteiger partial charge in [-0.15, -0.1) is 0 Å². The smallest absolute Gasteiger partial charge is 0.134 e. The molecule has 0 amide bonds. The molecule has 1 aromatic heterocycles. The maximum Gasteiger partial charge on any atom is 0.134 e. The largest absolute Gasteiger partial charge is 0.460 e. The van der Waals surface area contributed by atoms with Crippen molar-refractivity contribution in [2.75, 3.05) is 13.1 Å². The molecule has 1 aliphatic rings. The second-order valence-electron chi connectivity index (χ2n) is 4.29. The molecule has 0 saturated carbocycles. The van der Waals surface area contributed by atoms with Crippen molar-refractivity contribution < 1.29 is 4.42 Å². The number of aliphatic imine (C=N–C) groups is 1. The van der Waals surface area contributed by atoms with Gasteiger partial charge in [0, 0.05) is 17.5 Å². The number of nitrogens with one attached hydrogen (secondary N) is 1. The molecule has 0 saturated heterocycles. The van der Waals surface area contributed by atoms with Gasteiger partial charge in [0.05, 0.1) is 13.0 Å². The molecule has 0 unspecified atom stereocenters. The van der Waals surface area contributed by atoms with E-state index < -0.39 is 0 Å². The minimum Gasteiger partial charge on any atom is -0.460 e. The van der Waals surface area contributed by atoms with E-state index in [1.807, 2.05) is 12.1 Å². The van der Waals surface area contributed by atoms with E-state index in [1.165, 1.54) is 10.9 Å². The van der Waals surface area contributed by atoms with Crippen LogP contribution in [0.3, 0.4) is 0 Å². The Morgan fingerprint density at radius 3 is 3.00 bits per heavy atom. The molecule has 3 rings (SSSR count). The number of hydrogen-bond donors (Lipinski definition) is 1. The van der Waals surface area contributed by atoms with Crippen LogP contribution in [0, 0.1) is 0 Å². The number of benzene rings is 1. The monoisotopic (exact) mass is 228 g/mol. The van der Waals surface area contributed by atoms with Crippen LogP contribution in [0.2, 0.25) is 0 Å². The van der Waals surface area contributed by atoms with Crippen molar-refractivity contribution in [1.29, 1.82) is 0 Å². The Balaban J connectivity index is 2.02. The molecule has 3 heteroatoms. The molecule has 0 spiro atoms. The molecule has 1 aromatic carbocycles. The first-order valence-corrected chi connectivity index (χ1v) is 6.15. The number of furan rings is 1. The average molecular weight is 228 g/mol. The van der Waals surface area contributed by atoms with Crippen LogP contribution in [0.25, 0.3) is 11.0 Å². The summed E-state index contributed by atoms with van der Waals surface area (Å²) in [6.45, 7) is 4.01. The minimum atomic E-state index is 0.790. The summed E-state index contributed by atoms with van der Waals surface area (Å²) in [4.78, 5) is 4.42. The van der Waals surface area contributed by atoms with E-state index in [-0.39, 0.29) is 0 Å². The van der Waals surface area contributed by atoms with Crippen molar-refractivity contribution in [1.82, 2.24) is 5.32 Å². The molecule has 0 radical (unpaired) electrons. The van der Waals surface area contributed by atoms with Crippen molar-refractivity contribution in [2.45, 2.75) is 19.8 Å². The SMILES string of the molecule is CCc1c(CC2=NCCN2)oc2ccccc12. The lowest BCUT2D eigenvalue weighted by Crippen LogP contribution is -2.20. The van der Waals surface area contributed by atoms with Crippen molar-refractivity contribution in [3.63, 3.8) is 0 Å². The summed E-state index contributed by atoms with van der Waals surface area (Å²) < 4.78 is 5.93. The molecule has 1 N–H and O–H groups in total. The van der Waals surface area contributed by atoms with Gasteiger partial charge in [0.2, 0.25) is 0 Å². The van der Waals surface area contributed by atoms with Crippen LogP contribution in [-0.2, 0) is 12.8 Å². The molecule has 2 aromatic rings. The summed E-state index contributed by atoms with van der Waals surface area (Å²) in [5.74, 6) is 2.11. The Bertz CT molecular complexity index is 569. The maximum atomic E-state index is 5.93. The van der Waals surface area contributed by atoms with Gasteiger partial charge in [-0.1, -0.05) is 25.1 Å². The van der Waals surface area contributed by atoms with Gasteiger partial charge in [-0.3, -0.25) is 4.99 Å². The highest BCUT2D eigenvalue weighted by atomic mass is 16.3. The first-order valence-electron chi connectivity index (χ1n) is 6.15. The second kappa shape index (κ2) is 4.24. The van der Waals surface area contributed by atoms with Gasteiger partial charge in [-0.2, -0.15) is 0 Å². The van der Waals surface area contributed by atoms with Gasteiger partial charge >= 0.3 is 0 Å². The molecule has 0 aliphatic carbocycles. The van der Waals surface area contributed by atoms with Gasteiger partial charge in [0.15, 0.2) is 0 Å². The van der Waals surface area contributed by atoms with Crippen molar-refractivity contribution in [3.05, 3.63) is 35.6 Å². The third-order valence-corrected chi connectivity index (χ3v) is 3.21. The van der Waals surface area contributed by atoms with Gasteiger partial charge in [0.1, 0.15) is 17.2 Å². The zero-order valence-corrected chi connectivity index (χ0v) is 9.99. The molecular formula is C14H16N2O. The third-order valence-electron chi connectivity index (χ3n) is 3.21. The number of rotatable bonds is 3. The first kappa shape index (κ1) is 10.4. The van der Waals surface area contributed by atoms with Crippen LogP contribution < -0.4 is 5.32 Å². The fourth-order valence-corrected chi connectivity index (χ4v) is 2.40. The van der Waals surface area contributed by atoms with Gasteiger partial charge in [0.25, 0.3) is 0 Å². The number of hydrogen-bond acceptors (Lipinski definition) is 3. The summed E-state index contributed by atoms with van der Waals surface area (Å²) in [6, 6.07) is 8.24. The van der Waals surface area contributed by atoms with Gasteiger partial charge in [-0.05, 0) is 12.5 Å². The quantitative estimate of drug-likeness (QED) is 0.876. The molecular weight excluding hydrogens is 212 g/mol. The number of amidine groups is 1. The Hall–Kier alpha value is -1.77. The van der Waals surface area contributed by atoms with Crippen molar-refractivity contribution in [2.24, 2.45) is 4.99 Å². The van der Waals surface area contributed by atoms with Crippen LogP contribution in [0.1, 0.15) is 18.2 Å². The summed E-state index contributed by atoms with van der Waals surface area (Å²) >= 11 is 0.